The van der Waals surface area contributed by atoms with Crippen LogP contribution in [0.1, 0.15) is 0 Å². The van der Waals surface area contributed by atoms with Crippen LogP contribution in [0.3, 0.4) is 0 Å². The largest absolute Gasteiger partial charge is 0.171 e. The van der Waals surface area contributed by atoms with Gasteiger partial charge in [0.25, 0.3) is 0 Å². The second kappa shape index (κ2) is 6.61. The van der Waals surface area contributed by atoms with Gasteiger partial charge in [0.15, 0.2) is 0 Å². The standard InChI is InChI=1S/C14H42Cl2Si7/c1-17(2,15)19(5,6)21(9,10)23(13,14)22(11,12)20(7,8)18(3,4)16/h1-14H3. The molecule has 0 saturated heterocycles. The van der Waals surface area contributed by atoms with E-state index in [4.69, 9.17) is 22.2 Å². The Labute approximate surface area is 162 Å². The highest BCUT2D eigenvalue weighted by Crippen LogP contribution is 2.45. The van der Waals surface area contributed by atoms with Crippen molar-refractivity contribution in [2.24, 2.45) is 0 Å². The van der Waals surface area contributed by atoms with Crippen LogP contribution in [0.25, 0.3) is 0 Å². The van der Waals surface area contributed by atoms with Gasteiger partial charge >= 0.3 is 0 Å². The summed E-state index contributed by atoms with van der Waals surface area (Å²) in [6.07, 6.45) is 0. The summed E-state index contributed by atoms with van der Waals surface area (Å²) in [4.78, 5) is 0. The molecule has 0 heterocycles. The fourth-order valence-corrected chi connectivity index (χ4v) is 198. The van der Waals surface area contributed by atoms with Gasteiger partial charge in [-0.2, -0.15) is 22.2 Å². The molecule has 0 radical (unpaired) electrons. The number of halogens is 2. The molecular formula is C14H42Cl2Si7. The van der Waals surface area contributed by atoms with E-state index in [9.17, 15) is 0 Å². The Bertz CT molecular complexity index is 403. The van der Waals surface area contributed by atoms with Crippen molar-refractivity contribution < 1.29 is 0 Å². The van der Waals surface area contributed by atoms with E-state index in [1.807, 2.05) is 0 Å². The maximum atomic E-state index is 7.14. The maximum absolute atomic E-state index is 7.14. The molecule has 0 aliphatic rings. The summed E-state index contributed by atoms with van der Waals surface area (Å²) >= 11 is 14.3. The molecule has 0 aliphatic carbocycles. The van der Waals surface area contributed by atoms with Crippen molar-refractivity contribution in [2.75, 3.05) is 0 Å². The van der Waals surface area contributed by atoms with Crippen LogP contribution >= 0.6 is 22.2 Å². The van der Waals surface area contributed by atoms with Gasteiger partial charge in [-0.3, -0.25) is 0 Å². The van der Waals surface area contributed by atoms with Gasteiger partial charge in [0.05, 0.1) is 14.2 Å². The molecule has 9 heteroatoms. The van der Waals surface area contributed by atoms with E-state index < -0.39 is 49.3 Å². The van der Waals surface area contributed by atoms with E-state index in [2.05, 4.69) is 91.7 Å². The molecule has 0 unspecified atom stereocenters. The van der Waals surface area contributed by atoms with Crippen LogP contribution in [-0.4, -0.2) is 49.3 Å². The summed E-state index contributed by atoms with van der Waals surface area (Å²) in [7, 11) is -6.81. The highest BCUT2D eigenvalue weighted by atomic mass is 35.6. The van der Waals surface area contributed by atoms with Crippen molar-refractivity contribution in [1.82, 2.24) is 0 Å². The first-order valence-electron chi connectivity index (χ1n) is 8.88. The average molecular weight is 478 g/mol. The average Bonchev–Trinajstić information content (AvgIpc) is 2.24. The fraction of sp³-hybridized carbons (Fsp3) is 1.00. The highest BCUT2D eigenvalue weighted by Gasteiger charge is 2.68. The van der Waals surface area contributed by atoms with Gasteiger partial charge in [-0.25, -0.2) is 0 Å². The van der Waals surface area contributed by atoms with Crippen LogP contribution in [0.4, 0.5) is 0 Å². The molecule has 0 N–H and O–H groups in total. The molecule has 23 heavy (non-hydrogen) atoms. The first-order valence-corrected chi connectivity index (χ1v) is 37.9. The topological polar surface area (TPSA) is 0 Å². The van der Waals surface area contributed by atoms with Crippen LogP contribution < -0.4 is 0 Å². The van der Waals surface area contributed by atoms with Crippen molar-refractivity contribution in [3.05, 3.63) is 0 Å². The Hall–Kier alpha value is 2.10. The van der Waals surface area contributed by atoms with Crippen LogP contribution in [0.15, 0.2) is 0 Å². The molecule has 0 nitrogen and oxygen atoms in total. The lowest BCUT2D eigenvalue weighted by Crippen LogP contribution is -2.89. The Kier molecular flexibility index (Phi) is 7.21. The van der Waals surface area contributed by atoms with Crippen LogP contribution in [-0.2, 0) is 0 Å². The number of hydrogen-bond donors (Lipinski definition) is 0. The minimum Gasteiger partial charge on any atom is -0.171 e. The van der Waals surface area contributed by atoms with E-state index in [1.54, 1.807) is 0 Å². The smallest absolute Gasteiger partial charge is 0.138 e. The number of rotatable bonds is 6. The Morgan fingerprint density at radius 3 is 0.565 bits per heavy atom. The zero-order valence-electron chi connectivity index (χ0n) is 18.3. The zero-order chi connectivity index (χ0) is 19.5. The monoisotopic (exact) mass is 476 g/mol. The quantitative estimate of drug-likeness (QED) is 0.289. The summed E-state index contributed by atoms with van der Waals surface area (Å²) in [5.74, 6) is 0. The van der Waals surface area contributed by atoms with E-state index in [0.717, 1.165) is 0 Å². The van der Waals surface area contributed by atoms with Crippen molar-refractivity contribution in [2.45, 2.75) is 91.7 Å². The Morgan fingerprint density at radius 2 is 0.435 bits per heavy atom. The first-order chi connectivity index (χ1) is 9.50. The Morgan fingerprint density at radius 1 is 0.304 bits per heavy atom. The zero-order valence-corrected chi connectivity index (χ0v) is 26.8. The van der Waals surface area contributed by atoms with E-state index >= 15 is 0 Å². The van der Waals surface area contributed by atoms with Gasteiger partial charge in [0.2, 0.25) is 0 Å². The molecule has 0 bridgehead atoms. The van der Waals surface area contributed by atoms with E-state index in [1.165, 1.54) is 0 Å². The third-order valence-electron chi connectivity index (χ3n) is 9.22. The summed E-state index contributed by atoms with van der Waals surface area (Å²) in [5, 5.41) is 0. The fourth-order valence-electron chi connectivity index (χ4n) is 3.83. The molecule has 0 amide bonds. The lowest BCUT2D eigenvalue weighted by Gasteiger charge is -2.62. The van der Waals surface area contributed by atoms with Crippen molar-refractivity contribution in [1.29, 1.82) is 0 Å². The normalized spacial score (nSPS) is 16.7. The van der Waals surface area contributed by atoms with Crippen LogP contribution in [0, 0.1) is 0 Å². The molecule has 0 rings (SSSR count). The second-order valence-corrected chi connectivity index (χ2v) is 93.3. The van der Waals surface area contributed by atoms with Gasteiger partial charge < -0.3 is 0 Å². The first kappa shape index (κ1) is 25.1. The van der Waals surface area contributed by atoms with Gasteiger partial charge in [-0.1, -0.05) is 91.7 Å². The van der Waals surface area contributed by atoms with Gasteiger partial charge in [-0.05, 0) is 0 Å². The summed E-state index contributed by atoms with van der Waals surface area (Å²) in [5.41, 5.74) is 0. The van der Waals surface area contributed by atoms with Gasteiger partial charge in [-0.15, -0.1) is 0 Å². The number of hydrogen-bond acceptors (Lipinski definition) is 0. The highest BCUT2D eigenvalue weighted by molar-refractivity contribution is 8.03. The predicted octanol–water partition coefficient (Wildman–Crippen LogP) is 6.89. The SMILES string of the molecule is C[Si](C)(Cl)[Si](C)(C)[Si](C)(C)[Si](C)(C)[Si](C)(C)[Si](C)(C)[Si](C)(C)Cl. The third-order valence-corrected chi connectivity index (χ3v) is 160. The lowest BCUT2D eigenvalue weighted by molar-refractivity contribution is 1.76. The lowest BCUT2D eigenvalue weighted by atomic mass is 11.9. The van der Waals surface area contributed by atoms with Crippen molar-refractivity contribution in [3.8, 4) is 0 Å². The molecule has 0 aliphatic heterocycles. The Balaban J connectivity index is 6.37. The third kappa shape index (κ3) is 3.74. The summed E-state index contributed by atoms with van der Waals surface area (Å²) < 4.78 is 0. The molecular weight excluding hydrogens is 436 g/mol. The second-order valence-electron chi connectivity index (χ2n) is 11.1. The van der Waals surface area contributed by atoms with Gasteiger partial charge in [0.1, 0.15) is 13.8 Å². The molecule has 0 atom stereocenters. The maximum Gasteiger partial charge on any atom is 0.138 e. The molecule has 0 spiro atoms. The predicted molar refractivity (Wildman–Crippen MR) is 134 cm³/mol. The summed E-state index contributed by atoms with van der Waals surface area (Å²) in [6, 6.07) is 0. The molecule has 0 aromatic heterocycles. The summed E-state index contributed by atoms with van der Waals surface area (Å²) in [6.45, 7) is 33.6. The molecule has 0 saturated carbocycles. The van der Waals surface area contributed by atoms with Crippen molar-refractivity contribution >= 4 is 71.5 Å². The van der Waals surface area contributed by atoms with E-state index in [0.29, 0.717) is 0 Å². The molecule has 0 aromatic rings. The van der Waals surface area contributed by atoms with Gasteiger partial charge in [0, 0.05) is 21.3 Å². The molecule has 140 valence electrons. The molecule has 0 aromatic carbocycles. The minimum atomic E-state index is -1.59. The minimum absolute atomic E-state index is 1.35. The van der Waals surface area contributed by atoms with Crippen LogP contribution in [0.2, 0.25) is 91.7 Å². The van der Waals surface area contributed by atoms with E-state index in [-0.39, 0.29) is 0 Å². The molecule has 0 fully saturated rings. The van der Waals surface area contributed by atoms with Crippen molar-refractivity contribution in [3.63, 3.8) is 0 Å². The van der Waals surface area contributed by atoms with Crippen LogP contribution in [0.5, 0.6) is 0 Å².